The van der Waals surface area contributed by atoms with Crippen LogP contribution >= 0.6 is 54.3 Å². The van der Waals surface area contributed by atoms with Crippen LogP contribution in [0.5, 0.6) is 5.75 Å². The van der Waals surface area contributed by atoms with Gasteiger partial charge >= 0.3 is 38.6 Å². The fourth-order valence-electron chi connectivity index (χ4n) is 13.1. The predicted octanol–water partition coefficient (Wildman–Crippen LogP) is -1.50. The molecule has 15 N–H and O–H groups in total. The molecule has 1 aromatic carbocycles. The minimum Gasteiger partial charge on any atom is -0.778 e. The van der Waals surface area contributed by atoms with Crippen LogP contribution in [0.25, 0.3) is 44.7 Å². The maximum absolute atomic E-state index is 12.2. The van der Waals surface area contributed by atoms with Crippen LogP contribution in [0.4, 0.5) is 23.3 Å². The number of hydrogen-bond acceptors (Lipinski definition) is 48. The lowest BCUT2D eigenvalue weighted by molar-refractivity contribution is -0.256. The SMILES string of the molecule is COC1OC2[C@@H](CO)O[C@@H](n3cnc4c(N)ncnc43)[C@H]2O1.COC1OC2[C@@H](COP3OC(=O)c4ccccc4O3)O[C@@H](n3cnc4c(N)ncnc43)[C@H]2O1.COC1OC2[C@@H](COP3OP(=O)([O-])CP(=O)([O-])O3)O[C@@H](n3cnc4c(N)ncnc43)[C@H]2O1.Nc1ncnc2c1ncn2[C@@H]1O[C@H](COP(O)(=S)CP(=O)(O)OP(=O)(O)O)C(O)[C@@H]1O. The number of nitrogens with two attached hydrogens (primary N) is 4. The van der Waals surface area contributed by atoms with E-state index < -0.39 is 196 Å². The third-order valence-corrected chi connectivity index (χ3v) is 31.9. The number of carbonyl (C=O) groups is 1. The molecule has 24 atom stereocenters. The number of fused-ring (bicyclic) bond motifs is 8. The van der Waals surface area contributed by atoms with Gasteiger partial charge in [-0.25, -0.2) is 73.5 Å². The van der Waals surface area contributed by atoms with E-state index in [2.05, 4.69) is 72.7 Å². The zero-order valence-corrected chi connectivity index (χ0v) is 67.3. The van der Waals surface area contributed by atoms with Crippen LogP contribution in [0.1, 0.15) is 35.3 Å². The smallest absolute Gasteiger partial charge is 0.476 e. The second-order valence-electron chi connectivity index (χ2n) is 25.7. The van der Waals surface area contributed by atoms with E-state index in [0.29, 0.717) is 44.8 Å². The highest BCUT2D eigenvalue weighted by Gasteiger charge is 2.58. The highest BCUT2D eigenvalue weighted by atomic mass is 32.5. The molecule has 8 aromatic heterocycles. The number of hydrogen-bond donors (Lipinski definition) is 11. The van der Waals surface area contributed by atoms with Gasteiger partial charge in [0.15, 0.2) is 92.5 Å². The van der Waals surface area contributed by atoms with Gasteiger partial charge in [-0.05, 0) is 23.9 Å². The van der Waals surface area contributed by atoms with E-state index in [1.54, 1.807) is 50.6 Å². The van der Waals surface area contributed by atoms with Crippen LogP contribution < -0.4 is 37.2 Å². The molecule has 0 spiro atoms. The van der Waals surface area contributed by atoms with E-state index >= 15 is 0 Å². The first-order valence-corrected chi connectivity index (χ1v) is 45.7. The third-order valence-electron chi connectivity index (χ3n) is 18.1. The number of carbonyl (C=O) groups excluding carboxylic acids is 1. The van der Waals surface area contributed by atoms with E-state index in [-0.39, 0.29) is 54.3 Å². The van der Waals surface area contributed by atoms with Gasteiger partial charge in [0.05, 0.1) is 57.6 Å². The summed E-state index contributed by atoms with van der Waals surface area (Å²) in [5.41, 5.74) is 26.7. The van der Waals surface area contributed by atoms with Crippen LogP contribution in [-0.4, -0.2) is 271 Å². The summed E-state index contributed by atoms with van der Waals surface area (Å²) in [6, 6.07) is 6.80. The summed E-state index contributed by atoms with van der Waals surface area (Å²) in [4.78, 5) is 121. The molecular formula is C55H67N20O35P7S-2. The number of aliphatic hydroxyl groups excluding tert-OH is 3. The predicted molar refractivity (Wildman–Crippen MR) is 386 cm³/mol. The quantitative estimate of drug-likeness (QED) is 0.0365. The largest absolute Gasteiger partial charge is 0.778 e. The Hall–Kier alpha value is -6.80. The van der Waals surface area contributed by atoms with Crippen molar-refractivity contribution in [1.29, 1.82) is 0 Å². The molecule has 0 amide bonds. The Balaban J connectivity index is 0.000000124. The number of ether oxygens (including phenoxy) is 13. The molecule has 9 aliphatic rings. The number of phosphoric acid groups is 1. The average molecular weight is 1820 g/mol. The van der Waals surface area contributed by atoms with Gasteiger partial charge < -0.3 is 156 Å². The molecule has 55 nitrogen and oxygen atoms in total. The molecule has 118 heavy (non-hydrogen) atoms. The number of nitrogens with zero attached hydrogens (tertiary/aromatic N) is 16. The Morgan fingerprint density at radius 3 is 1.31 bits per heavy atom. The first-order valence-electron chi connectivity index (χ1n) is 33.9. The number of para-hydroxylation sites is 1. The monoisotopic (exact) mass is 1820 g/mol. The zero-order valence-electron chi connectivity index (χ0n) is 60.2. The summed E-state index contributed by atoms with van der Waals surface area (Å²) >= 11 is 4.70. The molecule has 0 saturated carbocycles. The fraction of sp³-hybridized carbons (Fsp3) is 0.509. The van der Waals surface area contributed by atoms with Crippen molar-refractivity contribution in [3.05, 3.63) is 80.4 Å². The van der Waals surface area contributed by atoms with Gasteiger partial charge in [-0.1, -0.05) is 12.1 Å². The zero-order chi connectivity index (χ0) is 83.7. The number of nitrogen functional groups attached to an aromatic ring is 4. The lowest BCUT2D eigenvalue weighted by Crippen LogP contribution is -2.33. The molecule has 8 fully saturated rings. The third kappa shape index (κ3) is 18.3. The second-order valence-corrected chi connectivity index (χ2v) is 39.7. The normalized spacial score (nSPS) is 33.8. The van der Waals surface area contributed by atoms with Crippen LogP contribution in [0.2, 0.25) is 0 Å². The lowest BCUT2D eigenvalue weighted by atomic mass is 10.1. The highest BCUT2D eigenvalue weighted by molar-refractivity contribution is 8.12. The van der Waals surface area contributed by atoms with Gasteiger partial charge in [0.1, 0.15) is 138 Å². The first-order chi connectivity index (χ1) is 56.2. The minimum atomic E-state index is -5.32. The number of aliphatic hydroxyl groups is 3. The van der Waals surface area contributed by atoms with Crippen molar-refractivity contribution in [3.63, 3.8) is 0 Å². The molecule has 0 aliphatic carbocycles. The molecule has 0 radical (unpaired) electrons. The topological polar surface area (TPSA) is 745 Å². The number of aromatic nitrogens is 16. The van der Waals surface area contributed by atoms with E-state index in [1.165, 1.54) is 63.9 Å². The highest BCUT2D eigenvalue weighted by Crippen LogP contribution is 2.72. The summed E-state index contributed by atoms with van der Waals surface area (Å²) in [7, 11) is -19.9. The van der Waals surface area contributed by atoms with Gasteiger partial charge in [0, 0.05) is 21.3 Å². The number of imidazole rings is 4. The molecule has 640 valence electrons. The van der Waals surface area contributed by atoms with Crippen molar-refractivity contribution in [2.24, 2.45) is 0 Å². The number of benzene rings is 1. The van der Waals surface area contributed by atoms with Gasteiger partial charge in [-0.3, -0.25) is 36.0 Å². The summed E-state index contributed by atoms with van der Waals surface area (Å²) in [6.07, 6.45) is -1.78. The number of anilines is 4. The Bertz CT molecular complexity index is 5400. The van der Waals surface area contributed by atoms with Crippen molar-refractivity contribution in [3.8, 4) is 5.75 Å². The van der Waals surface area contributed by atoms with Crippen LogP contribution in [0.15, 0.2) is 74.9 Å². The average Bonchev–Trinajstić information content (AvgIpc) is 1.61. The number of methoxy groups -OCH3 is 3. The Labute approximate surface area is 666 Å². The van der Waals surface area contributed by atoms with Crippen molar-refractivity contribution >= 4 is 140 Å². The molecule has 9 aliphatic heterocycles. The summed E-state index contributed by atoms with van der Waals surface area (Å²) in [5, 5.41) is 30.1. The van der Waals surface area contributed by atoms with Gasteiger partial charge in [-0.2, -0.15) is 0 Å². The summed E-state index contributed by atoms with van der Waals surface area (Å²) in [5.74, 6) is -1.79. The molecular weight excluding hydrogens is 1750 g/mol. The van der Waals surface area contributed by atoms with Gasteiger partial charge in [0.25, 0.3) is 19.4 Å². The van der Waals surface area contributed by atoms with Crippen molar-refractivity contribution in [2.75, 3.05) is 82.5 Å². The molecule has 0 bridgehead atoms. The maximum Gasteiger partial charge on any atom is 0.476 e. The van der Waals surface area contributed by atoms with Gasteiger partial charge in [-0.15, -0.1) is 0 Å². The van der Waals surface area contributed by atoms with Crippen LogP contribution in [0.3, 0.4) is 0 Å². The van der Waals surface area contributed by atoms with Crippen molar-refractivity contribution in [1.82, 2.24) is 78.1 Å². The standard InChI is InChI=1S/C19H18N5O8P.C13H18N5O11P3.C12H15N5O5.C11H18N5O11P3S/c1-26-19-29-13-11(6-27-33-31-10-5-3-2-4-9(10)18(25)32-33)28-17(14(13)30-19)24-8-23-12-15(20)21-7-22-16(12)24;1-23-13-26-8-6(2-24-30-28-31(19,20)5-32(21,22)29-30)25-12(9(8)27-13)18-4-17-7-10(14)15-3-16-11(7)18;1-19-12-21-7-5(2-18)20-11(8(7)22-12)17-4-16-6-9(13)14-3-15-10(6)17;12-9-6-10(14-2-13-9)16(3-15-6)11-8(18)7(17)5(26-11)1-25-29(21,31)4-28(19,20)27-30(22,23)24/h2-5,7-8,11,13-14,17,19H,6H2,1H3,(H2,20,21,22);3-4,6,8-9,12-13H,2,5H2,1H3,(H,19,20)(H,21,22)(H2,14,15,16);3-5,7-8,11-12,18H,2H2,1H3,(H2,13,14,15);2-3,5,7-8,11,17-18H,1,4H2,(H,19,20)(H,21,31)(H2,12,13,14)(H2,22,23,24)/p-2/t11-,13?,14+,17-,19?,33?;6-,8?,9+,12-,13?;5-,7?,8+,11-,12?;5-,7?,8+,11-,29?/m1111/s1. The van der Waals surface area contributed by atoms with E-state index in [9.17, 15) is 57.9 Å². The van der Waals surface area contributed by atoms with E-state index in [0.717, 1.165) is 0 Å². The maximum atomic E-state index is 12.2. The molecule has 12 unspecified atom stereocenters. The Morgan fingerprint density at radius 1 is 0.517 bits per heavy atom. The number of rotatable bonds is 21. The molecule has 63 heteroatoms. The molecule has 9 aromatic rings. The molecule has 17 heterocycles. The summed E-state index contributed by atoms with van der Waals surface area (Å²) in [6.45, 7) is -7.88. The van der Waals surface area contributed by atoms with E-state index in [4.69, 9.17) is 129 Å². The van der Waals surface area contributed by atoms with Crippen molar-refractivity contribution in [2.45, 2.75) is 118 Å². The Morgan fingerprint density at radius 2 is 0.898 bits per heavy atom. The fourth-order valence-corrected chi connectivity index (χ4v) is 25.8. The van der Waals surface area contributed by atoms with Gasteiger partial charge in [0.2, 0.25) is 0 Å². The first kappa shape index (κ1) is 86.2. The van der Waals surface area contributed by atoms with Crippen LogP contribution in [-0.2, 0) is 123 Å². The lowest BCUT2D eigenvalue weighted by Gasteiger charge is -2.39. The van der Waals surface area contributed by atoms with Crippen molar-refractivity contribution < 1.29 is 165 Å². The van der Waals surface area contributed by atoms with Crippen LogP contribution in [0, 0.1) is 0 Å². The summed E-state index contributed by atoms with van der Waals surface area (Å²) < 4.78 is 165. The van der Waals surface area contributed by atoms with E-state index in [1.807, 2.05) is 0 Å². The minimum absolute atomic E-state index is 0.0162. The second kappa shape index (κ2) is 34.8. The molecule has 18 rings (SSSR count). The molecule has 8 saturated heterocycles. The Kier molecular flexibility index (Phi) is 25.4.